The second kappa shape index (κ2) is 11.8. The molecule has 0 aliphatic heterocycles. The number of nitrogens with zero attached hydrogens (tertiary/aromatic N) is 1. The molecule has 0 unspecified atom stereocenters. The highest BCUT2D eigenvalue weighted by Gasteiger charge is 2.32. The number of nitrogens with one attached hydrogen (secondary N) is 1. The molecule has 29 heavy (non-hydrogen) atoms. The van der Waals surface area contributed by atoms with Gasteiger partial charge >= 0.3 is 0 Å². The summed E-state index contributed by atoms with van der Waals surface area (Å²) in [5.41, 5.74) is 2.17. The summed E-state index contributed by atoms with van der Waals surface area (Å²) in [4.78, 5) is 0. The van der Waals surface area contributed by atoms with Crippen LogP contribution in [0, 0.1) is 11.3 Å². The van der Waals surface area contributed by atoms with Crippen LogP contribution in [-0.2, 0) is 6.42 Å². The Bertz CT molecular complexity index is 720. The fourth-order valence-electron chi connectivity index (χ4n) is 4.63. The predicted molar refractivity (Wildman–Crippen MR) is 122 cm³/mol. The molecule has 1 N–H and O–H groups in total. The van der Waals surface area contributed by atoms with Crippen LogP contribution in [0.3, 0.4) is 0 Å². The zero-order valence-electron chi connectivity index (χ0n) is 17.8. The van der Waals surface area contributed by atoms with Crippen molar-refractivity contribution in [3.63, 3.8) is 0 Å². The summed E-state index contributed by atoms with van der Waals surface area (Å²) in [5.74, 6) is 0. The zero-order chi connectivity index (χ0) is 20.2. The lowest BCUT2D eigenvalue weighted by Gasteiger charge is -2.34. The van der Waals surface area contributed by atoms with E-state index in [0.717, 1.165) is 32.1 Å². The van der Waals surface area contributed by atoms with Gasteiger partial charge in [0, 0.05) is 6.04 Å². The number of benzene rings is 2. The molecule has 1 aliphatic rings. The van der Waals surface area contributed by atoms with Gasteiger partial charge in [-0.2, -0.15) is 5.26 Å². The van der Waals surface area contributed by atoms with Crippen LogP contribution < -0.4 is 5.32 Å². The first-order valence-electron chi connectivity index (χ1n) is 11.6. The Balaban J connectivity index is 1.79. The van der Waals surface area contributed by atoms with E-state index < -0.39 is 5.54 Å². The van der Waals surface area contributed by atoms with Crippen molar-refractivity contribution in [2.24, 2.45) is 0 Å². The van der Waals surface area contributed by atoms with E-state index in [0.29, 0.717) is 0 Å². The van der Waals surface area contributed by atoms with Crippen molar-refractivity contribution in [1.82, 2.24) is 5.32 Å². The van der Waals surface area contributed by atoms with Gasteiger partial charge in [0.15, 0.2) is 0 Å². The number of nitriles is 1. The molecule has 1 aliphatic carbocycles. The minimum absolute atomic E-state index is 0.158. The molecule has 2 aromatic carbocycles. The monoisotopic (exact) mass is 388 g/mol. The predicted octanol–water partition coefficient (Wildman–Crippen LogP) is 7.13. The molecule has 0 aromatic heterocycles. The van der Waals surface area contributed by atoms with Crippen LogP contribution in [0.4, 0.5) is 0 Å². The zero-order valence-corrected chi connectivity index (χ0v) is 17.8. The second-order valence-corrected chi connectivity index (χ2v) is 8.67. The molecule has 0 heterocycles. The molecule has 1 fully saturated rings. The summed E-state index contributed by atoms with van der Waals surface area (Å²) in [6.45, 7) is 0. The highest BCUT2D eigenvalue weighted by Crippen LogP contribution is 2.29. The first kappa shape index (κ1) is 21.6. The molecule has 0 spiro atoms. The van der Waals surface area contributed by atoms with Crippen LogP contribution in [0.1, 0.15) is 87.8 Å². The highest BCUT2D eigenvalue weighted by atomic mass is 15.0. The van der Waals surface area contributed by atoms with Gasteiger partial charge in [-0.1, -0.05) is 118 Å². The van der Waals surface area contributed by atoms with Gasteiger partial charge in [0.05, 0.1) is 6.07 Å². The lowest BCUT2D eigenvalue weighted by Crippen LogP contribution is -2.46. The lowest BCUT2D eigenvalue weighted by atomic mass is 9.84. The van der Waals surface area contributed by atoms with Crippen LogP contribution in [-0.4, -0.2) is 5.54 Å². The molecule has 1 atom stereocenters. The van der Waals surface area contributed by atoms with E-state index in [2.05, 4.69) is 72.0 Å². The summed E-state index contributed by atoms with van der Waals surface area (Å²) in [7, 11) is 0. The normalized spacial score (nSPS) is 19.3. The van der Waals surface area contributed by atoms with E-state index in [1.807, 2.05) is 0 Å². The molecule has 1 saturated carbocycles. The topological polar surface area (TPSA) is 35.8 Å². The maximum Gasteiger partial charge on any atom is 0.107 e. The third kappa shape index (κ3) is 7.02. The van der Waals surface area contributed by atoms with Gasteiger partial charge in [0.1, 0.15) is 5.54 Å². The molecule has 0 bridgehead atoms. The Morgan fingerprint density at radius 3 is 1.72 bits per heavy atom. The number of hydrogen-bond acceptors (Lipinski definition) is 2. The van der Waals surface area contributed by atoms with Gasteiger partial charge in [-0.15, -0.1) is 0 Å². The Hall–Kier alpha value is -2.11. The molecule has 0 radical (unpaired) electrons. The van der Waals surface area contributed by atoms with E-state index in [1.54, 1.807) is 0 Å². The van der Waals surface area contributed by atoms with Crippen molar-refractivity contribution in [1.29, 1.82) is 5.26 Å². The Morgan fingerprint density at radius 1 is 0.724 bits per heavy atom. The van der Waals surface area contributed by atoms with E-state index in [9.17, 15) is 5.26 Å². The van der Waals surface area contributed by atoms with Crippen LogP contribution in [0.15, 0.2) is 60.7 Å². The molecule has 3 rings (SSSR count). The van der Waals surface area contributed by atoms with Crippen molar-refractivity contribution in [3.05, 3.63) is 71.8 Å². The second-order valence-electron chi connectivity index (χ2n) is 8.67. The van der Waals surface area contributed by atoms with Gasteiger partial charge in [-0.25, -0.2) is 0 Å². The first-order valence-corrected chi connectivity index (χ1v) is 11.6. The van der Waals surface area contributed by atoms with Gasteiger partial charge in [-0.3, -0.25) is 5.32 Å². The molecule has 0 saturated heterocycles. The molecular formula is C27H36N2. The molecule has 0 amide bonds. The van der Waals surface area contributed by atoms with Crippen LogP contribution in [0.25, 0.3) is 0 Å². The largest absolute Gasteiger partial charge is 0.292 e. The fraction of sp³-hybridized carbons (Fsp3) is 0.519. The third-order valence-electron chi connectivity index (χ3n) is 6.36. The van der Waals surface area contributed by atoms with Gasteiger partial charge in [0.25, 0.3) is 0 Å². The van der Waals surface area contributed by atoms with Crippen molar-refractivity contribution in [2.45, 2.75) is 88.6 Å². The number of hydrogen-bond donors (Lipinski definition) is 1. The van der Waals surface area contributed by atoms with Gasteiger partial charge in [0.2, 0.25) is 0 Å². The van der Waals surface area contributed by atoms with Crippen molar-refractivity contribution >= 4 is 0 Å². The van der Waals surface area contributed by atoms with E-state index >= 15 is 0 Å². The maximum absolute atomic E-state index is 10.3. The summed E-state index contributed by atoms with van der Waals surface area (Å²) in [6, 6.07) is 24.2. The minimum atomic E-state index is -0.422. The van der Waals surface area contributed by atoms with E-state index in [1.165, 1.54) is 56.1 Å². The summed E-state index contributed by atoms with van der Waals surface area (Å²) >= 11 is 0. The lowest BCUT2D eigenvalue weighted by molar-refractivity contribution is 0.293. The summed E-state index contributed by atoms with van der Waals surface area (Å²) in [6.07, 6.45) is 14.3. The molecule has 154 valence electrons. The van der Waals surface area contributed by atoms with Crippen LogP contribution in [0.5, 0.6) is 0 Å². The molecular weight excluding hydrogens is 352 g/mol. The summed E-state index contributed by atoms with van der Waals surface area (Å²) < 4.78 is 0. The minimum Gasteiger partial charge on any atom is -0.292 e. The van der Waals surface area contributed by atoms with Crippen molar-refractivity contribution < 1.29 is 0 Å². The summed E-state index contributed by atoms with van der Waals surface area (Å²) in [5, 5.41) is 14.2. The quantitative estimate of drug-likeness (QED) is 0.591. The Morgan fingerprint density at radius 2 is 1.21 bits per heavy atom. The van der Waals surface area contributed by atoms with Gasteiger partial charge in [-0.05, 0) is 30.4 Å². The average molecular weight is 389 g/mol. The molecule has 2 aromatic rings. The first-order chi connectivity index (χ1) is 14.3. The third-order valence-corrected chi connectivity index (χ3v) is 6.36. The smallest absolute Gasteiger partial charge is 0.107 e. The molecule has 2 nitrogen and oxygen atoms in total. The Labute approximate surface area is 177 Å². The average Bonchev–Trinajstić information content (AvgIpc) is 2.76. The highest BCUT2D eigenvalue weighted by molar-refractivity contribution is 5.25. The van der Waals surface area contributed by atoms with Crippen molar-refractivity contribution in [2.75, 3.05) is 0 Å². The number of rotatable bonds is 5. The van der Waals surface area contributed by atoms with Crippen LogP contribution >= 0.6 is 0 Å². The van der Waals surface area contributed by atoms with E-state index in [4.69, 9.17) is 0 Å². The fourth-order valence-corrected chi connectivity index (χ4v) is 4.63. The standard InChI is InChI=1S/C27H36N2/c28-23-27(20-14-6-4-2-1-3-5-7-15-21-27)29-26(25-18-12-9-13-19-25)22-24-16-10-8-11-17-24/h8-13,16-19,26,29H,1-7,14-15,20-22H2/t26-/m0/s1. The van der Waals surface area contributed by atoms with Crippen LogP contribution in [0.2, 0.25) is 0 Å². The van der Waals surface area contributed by atoms with Gasteiger partial charge < -0.3 is 0 Å². The molecule has 2 heteroatoms. The maximum atomic E-state index is 10.3. The Kier molecular flexibility index (Phi) is 8.78. The van der Waals surface area contributed by atoms with E-state index in [-0.39, 0.29) is 6.04 Å². The van der Waals surface area contributed by atoms with Crippen molar-refractivity contribution in [3.8, 4) is 6.07 Å². The SMILES string of the molecule is N#CC1(N[C@@H](Cc2ccccc2)c2ccccc2)CCCCCCCCCCC1.